The highest BCUT2D eigenvalue weighted by molar-refractivity contribution is 7.09. The maximum Gasteiger partial charge on any atom is 0.223 e. The van der Waals surface area contributed by atoms with Crippen molar-refractivity contribution < 1.29 is 4.79 Å². The van der Waals surface area contributed by atoms with Crippen LogP contribution >= 0.6 is 11.3 Å². The fraction of sp³-hybridized carbons (Fsp3) is 0.421. The Morgan fingerprint density at radius 1 is 1.36 bits per heavy atom. The Morgan fingerprint density at radius 2 is 2.20 bits per heavy atom. The quantitative estimate of drug-likeness (QED) is 0.733. The summed E-state index contributed by atoms with van der Waals surface area (Å²) in [5.41, 5.74) is 4.51. The molecule has 25 heavy (non-hydrogen) atoms. The second kappa shape index (κ2) is 6.59. The minimum Gasteiger partial charge on any atom is -0.342 e. The van der Waals surface area contributed by atoms with Crippen LogP contribution in [0.2, 0.25) is 0 Å². The fourth-order valence-electron chi connectivity index (χ4n) is 3.14. The van der Waals surface area contributed by atoms with Crippen LogP contribution in [0.25, 0.3) is 11.0 Å². The summed E-state index contributed by atoms with van der Waals surface area (Å²) in [6, 6.07) is 4.57. The van der Waals surface area contributed by atoms with Crippen LogP contribution < -0.4 is 0 Å². The summed E-state index contributed by atoms with van der Waals surface area (Å²) in [6.45, 7) is 4.83. The van der Waals surface area contributed by atoms with Gasteiger partial charge >= 0.3 is 0 Å². The minimum absolute atomic E-state index is 0.200. The third kappa shape index (κ3) is 3.44. The van der Waals surface area contributed by atoms with Crippen molar-refractivity contribution in [3.63, 3.8) is 0 Å². The number of aromatic amines is 1. The van der Waals surface area contributed by atoms with Gasteiger partial charge in [-0.1, -0.05) is 6.07 Å². The molecular weight excluding hydrogens is 332 g/mol. The van der Waals surface area contributed by atoms with Gasteiger partial charge in [0, 0.05) is 30.5 Å². The maximum atomic E-state index is 12.7. The van der Waals surface area contributed by atoms with Gasteiger partial charge in [0.15, 0.2) is 0 Å². The Bertz CT molecular complexity index is 896. The summed E-state index contributed by atoms with van der Waals surface area (Å²) in [7, 11) is 0. The van der Waals surface area contributed by atoms with E-state index >= 15 is 0 Å². The molecular formula is C19H22N4OS. The molecule has 1 aliphatic carbocycles. The van der Waals surface area contributed by atoms with E-state index in [1.165, 1.54) is 11.1 Å². The molecule has 0 aliphatic heterocycles. The third-order valence-corrected chi connectivity index (χ3v) is 5.66. The Kier molecular flexibility index (Phi) is 4.29. The summed E-state index contributed by atoms with van der Waals surface area (Å²) >= 11 is 1.61. The van der Waals surface area contributed by atoms with Gasteiger partial charge in [-0.15, -0.1) is 11.3 Å². The number of aryl methyl sites for hydroxylation is 3. The van der Waals surface area contributed by atoms with Crippen molar-refractivity contribution in [2.24, 2.45) is 0 Å². The second-order valence-electron chi connectivity index (χ2n) is 6.77. The number of fused-ring (bicyclic) bond motifs is 1. The number of nitrogens with zero attached hydrogens (tertiary/aromatic N) is 3. The number of nitrogens with one attached hydrogen (secondary N) is 1. The highest BCUT2D eigenvalue weighted by Gasteiger charge is 2.32. The fourth-order valence-corrected chi connectivity index (χ4v) is 3.75. The van der Waals surface area contributed by atoms with E-state index < -0.39 is 0 Å². The zero-order valence-electron chi connectivity index (χ0n) is 14.6. The van der Waals surface area contributed by atoms with Crippen LogP contribution in [0.15, 0.2) is 23.7 Å². The molecule has 0 spiro atoms. The summed E-state index contributed by atoms with van der Waals surface area (Å²) in [4.78, 5) is 27.1. The van der Waals surface area contributed by atoms with Crippen molar-refractivity contribution in [3.05, 3.63) is 45.7 Å². The SMILES string of the molecule is Cc1ccc2[nH]c(CCC(=O)N(Cc3nccs3)C3CC3)nc2c1C. The van der Waals surface area contributed by atoms with Crippen molar-refractivity contribution in [1.82, 2.24) is 19.9 Å². The lowest BCUT2D eigenvalue weighted by molar-refractivity contribution is -0.132. The van der Waals surface area contributed by atoms with Crippen LogP contribution in [0.3, 0.4) is 0 Å². The lowest BCUT2D eigenvalue weighted by Gasteiger charge is -2.21. The van der Waals surface area contributed by atoms with Gasteiger partial charge in [0.1, 0.15) is 10.8 Å². The Balaban J connectivity index is 1.44. The lowest BCUT2D eigenvalue weighted by Crippen LogP contribution is -2.32. The summed E-state index contributed by atoms with van der Waals surface area (Å²) in [5, 5.41) is 2.97. The Labute approximate surface area is 151 Å². The van der Waals surface area contributed by atoms with E-state index in [0.717, 1.165) is 34.7 Å². The topological polar surface area (TPSA) is 61.9 Å². The van der Waals surface area contributed by atoms with Gasteiger partial charge in [-0.05, 0) is 43.9 Å². The zero-order chi connectivity index (χ0) is 17.4. The van der Waals surface area contributed by atoms with Gasteiger partial charge in [-0.25, -0.2) is 9.97 Å². The van der Waals surface area contributed by atoms with Crippen molar-refractivity contribution in [2.75, 3.05) is 0 Å². The molecule has 2 aromatic heterocycles. The largest absolute Gasteiger partial charge is 0.342 e. The first-order chi connectivity index (χ1) is 12.1. The molecule has 1 aromatic carbocycles. The number of carbonyl (C=O) groups is 1. The Hall–Kier alpha value is -2.21. The molecule has 3 aromatic rings. The molecule has 0 atom stereocenters. The first-order valence-electron chi connectivity index (χ1n) is 8.74. The van der Waals surface area contributed by atoms with Crippen molar-refractivity contribution >= 4 is 28.3 Å². The van der Waals surface area contributed by atoms with Crippen molar-refractivity contribution in [2.45, 2.75) is 52.1 Å². The van der Waals surface area contributed by atoms with Crippen LogP contribution in [0.5, 0.6) is 0 Å². The molecule has 0 saturated heterocycles. The van der Waals surface area contributed by atoms with Gasteiger partial charge in [-0.3, -0.25) is 4.79 Å². The number of hydrogen-bond acceptors (Lipinski definition) is 4. The molecule has 1 amide bonds. The number of thiazole rings is 1. The molecule has 2 heterocycles. The van der Waals surface area contributed by atoms with Crippen LogP contribution in [0.1, 0.15) is 41.2 Å². The molecule has 1 saturated carbocycles. The van der Waals surface area contributed by atoms with Crippen LogP contribution in [0.4, 0.5) is 0 Å². The number of rotatable bonds is 6. The first-order valence-corrected chi connectivity index (χ1v) is 9.62. The van der Waals surface area contributed by atoms with E-state index in [4.69, 9.17) is 4.98 Å². The molecule has 1 N–H and O–H groups in total. The highest BCUT2D eigenvalue weighted by atomic mass is 32.1. The molecule has 1 aliphatic rings. The molecule has 0 bridgehead atoms. The van der Waals surface area contributed by atoms with E-state index in [9.17, 15) is 4.79 Å². The van der Waals surface area contributed by atoms with Gasteiger partial charge in [0.05, 0.1) is 17.6 Å². The first kappa shape index (κ1) is 16.3. The molecule has 1 fully saturated rings. The molecule has 6 heteroatoms. The predicted octanol–water partition coefficient (Wildman–Crippen LogP) is 3.76. The standard InChI is InChI=1S/C19H22N4OS/c1-12-3-6-15-19(13(12)2)22-16(21-15)7-8-18(24)23(14-4-5-14)11-17-20-9-10-25-17/h3,6,9-10,14H,4-5,7-8,11H2,1-2H3,(H,21,22). The normalized spacial score (nSPS) is 14.2. The number of aromatic nitrogens is 3. The summed E-state index contributed by atoms with van der Waals surface area (Å²) < 4.78 is 0. The lowest BCUT2D eigenvalue weighted by atomic mass is 10.1. The van der Waals surface area contributed by atoms with Gasteiger partial charge in [0.25, 0.3) is 0 Å². The highest BCUT2D eigenvalue weighted by Crippen LogP contribution is 2.29. The van der Waals surface area contributed by atoms with E-state index in [1.54, 1.807) is 17.5 Å². The molecule has 0 radical (unpaired) electrons. The van der Waals surface area contributed by atoms with E-state index in [0.29, 0.717) is 25.4 Å². The number of imidazole rings is 1. The minimum atomic E-state index is 0.200. The Morgan fingerprint density at radius 3 is 2.92 bits per heavy atom. The van der Waals surface area contributed by atoms with Gasteiger partial charge < -0.3 is 9.88 Å². The van der Waals surface area contributed by atoms with Crippen molar-refractivity contribution in [1.29, 1.82) is 0 Å². The molecule has 5 nitrogen and oxygen atoms in total. The van der Waals surface area contributed by atoms with E-state index in [1.807, 2.05) is 10.3 Å². The van der Waals surface area contributed by atoms with Crippen LogP contribution in [0, 0.1) is 13.8 Å². The summed E-state index contributed by atoms with van der Waals surface area (Å²) in [5.74, 6) is 1.09. The van der Waals surface area contributed by atoms with Crippen LogP contribution in [-0.4, -0.2) is 31.8 Å². The van der Waals surface area contributed by atoms with Crippen molar-refractivity contribution in [3.8, 4) is 0 Å². The maximum absolute atomic E-state index is 12.7. The average molecular weight is 354 g/mol. The molecule has 4 rings (SSSR count). The van der Waals surface area contributed by atoms with Gasteiger partial charge in [0.2, 0.25) is 5.91 Å². The number of hydrogen-bond donors (Lipinski definition) is 1. The third-order valence-electron chi connectivity index (χ3n) is 4.90. The predicted molar refractivity (Wildman–Crippen MR) is 99.6 cm³/mol. The average Bonchev–Trinajstić information content (AvgIpc) is 3.15. The summed E-state index contributed by atoms with van der Waals surface area (Å²) in [6.07, 6.45) is 5.15. The van der Waals surface area contributed by atoms with Gasteiger partial charge in [-0.2, -0.15) is 0 Å². The smallest absolute Gasteiger partial charge is 0.223 e. The number of H-pyrrole nitrogens is 1. The monoisotopic (exact) mass is 354 g/mol. The molecule has 0 unspecified atom stereocenters. The second-order valence-corrected chi connectivity index (χ2v) is 7.74. The number of amides is 1. The number of benzene rings is 1. The van der Waals surface area contributed by atoms with E-state index in [-0.39, 0.29) is 5.91 Å². The zero-order valence-corrected chi connectivity index (χ0v) is 15.4. The van der Waals surface area contributed by atoms with E-state index in [2.05, 4.69) is 35.9 Å². The van der Waals surface area contributed by atoms with Crippen LogP contribution in [-0.2, 0) is 17.8 Å². The molecule has 130 valence electrons. The number of carbonyl (C=O) groups excluding carboxylic acids is 1.